The minimum atomic E-state index is 0.232. The molecule has 6 heteroatoms. The molecular weight excluding hydrogens is 336 g/mol. The summed E-state index contributed by atoms with van der Waals surface area (Å²) in [5.41, 5.74) is 2.03. The third-order valence-corrected chi connectivity index (χ3v) is 4.83. The first kappa shape index (κ1) is 13.3. The van der Waals surface area contributed by atoms with Crippen molar-refractivity contribution >= 4 is 33.0 Å². The molecule has 0 saturated heterocycles. The second kappa shape index (κ2) is 5.76. The van der Waals surface area contributed by atoms with Crippen LogP contribution >= 0.6 is 27.3 Å². The van der Waals surface area contributed by atoms with Gasteiger partial charge in [-0.3, -0.25) is 0 Å². The lowest BCUT2D eigenvalue weighted by Crippen LogP contribution is -2.08. The Morgan fingerprint density at radius 2 is 2.20 bits per heavy atom. The van der Waals surface area contributed by atoms with E-state index in [1.165, 1.54) is 11.2 Å². The van der Waals surface area contributed by atoms with Gasteiger partial charge in [0.05, 0.1) is 17.4 Å². The van der Waals surface area contributed by atoms with Crippen molar-refractivity contribution in [1.29, 1.82) is 0 Å². The average Bonchev–Trinajstić information content (AvgIpc) is 3.10. The second-order valence-electron chi connectivity index (χ2n) is 4.39. The molecule has 3 aromatic rings. The van der Waals surface area contributed by atoms with Gasteiger partial charge in [0, 0.05) is 14.7 Å². The smallest absolute Gasteiger partial charge is 0.138 e. The van der Waals surface area contributed by atoms with Crippen LogP contribution in [0.5, 0.6) is 0 Å². The van der Waals surface area contributed by atoms with Crippen molar-refractivity contribution < 1.29 is 0 Å². The molecule has 2 aromatic heterocycles. The highest BCUT2D eigenvalue weighted by Crippen LogP contribution is 2.29. The van der Waals surface area contributed by atoms with Crippen LogP contribution in [0.25, 0.3) is 5.69 Å². The molecule has 0 aliphatic rings. The van der Waals surface area contributed by atoms with E-state index in [2.05, 4.69) is 55.8 Å². The minimum Gasteiger partial charge on any atom is -0.376 e. The van der Waals surface area contributed by atoms with E-state index in [1.807, 2.05) is 18.2 Å². The highest BCUT2D eigenvalue weighted by Gasteiger charge is 2.11. The molecule has 1 unspecified atom stereocenters. The molecule has 1 atom stereocenters. The van der Waals surface area contributed by atoms with Crippen molar-refractivity contribution in [3.8, 4) is 5.69 Å². The van der Waals surface area contributed by atoms with Crippen LogP contribution < -0.4 is 5.32 Å². The van der Waals surface area contributed by atoms with Gasteiger partial charge in [0.1, 0.15) is 12.7 Å². The zero-order valence-corrected chi connectivity index (χ0v) is 13.2. The predicted octanol–water partition coefficient (Wildman–Crippen LogP) is 4.26. The monoisotopic (exact) mass is 348 g/mol. The molecule has 4 nitrogen and oxygen atoms in total. The van der Waals surface area contributed by atoms with E-state index < -0.39 is 0 Å². The number of aromatic nitrogens is 3. The molecule has 0 bridgehead atoms. The summed E-state index contributed by atoms with van der Waals surface area (Å²) in [6, 6.07) is 10.5. The van der Waals surface area contributed by atoms with Crippen LogP contribution in [-0.4, -0.2) is 14.8 Å². The van der Waals surface area contributed by atoms with E-state index in [9.17, 15) is 0 Å². The number of halogens is 1. The molecule has 1 N–H and O–H groups in total. The van der Waals surface area contributed by atoms with Gasteiger partial charge >= 0.3 is 0 Å². The number of benzene rings is 1. The van der Waals surface area contributed by atoms with Crippen molar-refractivity contribution in [2.24, 2.45) is 0 Å². The Morgan fingerprint density at radius 1 is 1.35 bits per heavy atom. The first-order chi connectivity index (χ1) is 9.74. The summed E-state index contributed by atoms with van der Waals surface area (Å²) in [4.78, 5) is 5.28. The van der Waals surface area contributed by atoms with E-state index in [0.717, 1.165) is 15.8 Å². The van der Waals surface area contributed by atoms with Gasteiger partial charge in [0.25, 0.3) is 0 Å². The molecule has 0 amide bonds. The first-order valence-corrected chi connectivity index (χ1v) is 7.86. The van der Waals surface area contributed by atoms with Crippen LogP contribution in [-0.2, 0) is 0 Å². The topological polar surface area (TPSA) is 42.7 Å². The molecule has 0 fully saturated rings. The Balaban J connectivity index is 1.88. The third-order valence-electron chi connectivity index (χ3n) is 2.96. The van der Waals surface area contributed by atoms with Crippen LogP contribution in [0.1, 0.15) is 17.8 Å². The molecule has 0 aliphatic heterocycles. The molecule has 20 heavy (non-hydrogen) atoms. The van der Waals surface area contributed by atoms with Gasteiger partial charge in [-0.25, -0.2) is 9.67 Å². The summed E-state index contributed by atoms with van der Waals surface area (Å²) in [6.45, 7) is 2.15. The Kier molecular flexibility index (Phi) is 3.84. The maximum atomic E-state index is 4.19. The highest BCUT2D eigenvalue weighted by atomic mass is 79.9. The van der Waals surface area contributed by atoms with Crippen molar-refractivity contribution in [2.45, 2.75) is 13.0 Å². The SMILES string of the molecule is CC(Nc1ccccc1-n1cncn1)c1cc(Br)cs1. The average molecular weight is 349 g/mol. The van der Waals surface area contributed by atoms with Crippen molar-refractivity contribution in [3.05, 3.63) is 57.7 Å². The van der Waals surface area contributed by atoms with Gasteiger partial charge in [-0.1, -0.05) is 12.1 Å². The maximum Gasteiger partial charge on any atom is 0.138 e. The maximum absolute atomic E-state index is 4.19. The first-order valence-electron chi connectivity index (χ1n) is 6.18. The molecule has 0 saturated carbocycles. The number of hydrogen-bond donors (Lipinski definition) is 1. The van der Waals surface area contributed by atoms with E-state index in [0.29, 0.717) is 0 Å². The third kappa shape index (κ3) is 2.76. The molecule has 1 aromatic carbocycles. The summed E-state index contributed by atoms with van der Waals surface area (Å²) >= 11 is 5.23. The lowest BCUT2D eigenvalue weighted by molar-refractivity contribution is 0.860. The minimum absolute atomic E-state index is 0.232. The van der Waals surface area contributed by atoms with Crippen LogP contribution in [0.2, 0.25) is 0 Å². The number of rotatable bonds is 4. The van der Waals surface area contributed by atoms with E-state index in [1.54, 1.807) is 22.3 Å². The van der Waals surface area contributed by atoms with E-state index in [4.69, 9.17) is 0 Å². The Hall–Kier alpha value is -1.66. The van der Waals surface area contributed by atoms with Crippen molar-refractivity contribution in [3.63, 3.8) is 0 Å². The van der Waals surface area contributed by atoms with Crippen molar-refractivity contribution in [1.82, 2.24) is 14.8 Å². The number of nitrogens with zero attached hydrogens (tertiary/aromatic N) is 3. The Morgan fingerprint density at radius 3 is 2.90 bits per heavy atom. The van der Waals surface area contributed by atoms with Crippen LogP contribution in [0, 0.1) is 0 Å². The van der Waals surface area contributed by atoms with E-state index in [-0.39, 0.29) is 6.04 Å². The van der Waals surface area contributed by atoms with Gasteiger partial charge in [0.2, 0.25) is 0 Å². The normalized spacial score (nSPS) is 12.3. The summed E-state index contributed by atoms with van der Waals surface area (Å²) < 4.78 is 2.88. The zero-order chi connectivity index (χ0) is 13.9. The molecule has 2 heterocycles. The van der Waals surface area contributed by atoms with Gasteiger partial charge in [-0.15, -0.1) is 11.3 Å². The fraction of sp³-hybridized carbons (Fsp3) is 0.143. The van der Waals surface area contributed by atoms with Crippen molar-refractivity contribution in [2.75, 3.05) is 5.32 Å². The van der Waals surface area contributed by atoms with E-state index >= 15 is 0 Å². The molecular formula is C14H13BrN4S. The largest absolute Gasteiger partial charge is 0.376 e. The van der Waals surface area contributed by atoms with Crippen LogP contribution in [0.4, 0.5) is 5.69 Å². The highest BCUT2D eigenvalue weighted by molar-refractivity contribution is 9.10. The lowest BCUT2D eigenvalue weighted by atomic mass is 10.2. The number of nitrogens with one attached hydrogen (secondary N) is 1. The molecule has 0 radical (unpaired) electrons. The summed E-state index contributed by atoms with van der Waals surface area (Å²) in [6.07, 6.45) is 3.24. The van der Waals surface area contributed by atoms with Gasteiger partial charge in [0.15, 0.2) is 0 Å². The quantitative estimate of drug-likeness (QED) is 0.765. The summed E-state index contributed by atoms with van der Waals surface area (Å²) in [5.74, 6) is 0. The van der Waals surface area contributed by atoms with Gasteiger partial charge in [-0.05, 0) is 41.1 Å². The zero-order valence-electron chi connectivity index (χ0n) is 10.8. The number of anilines is 1. The molecule has 0 aliphatic carbocycles. The number of thiophene rings is 1. The lowest BCUT2D eigenvalue weighted by Gasteiger charge is -2.16. The fourth-order valence-corrected chi connectivity index (χ4v) is 3.44. The standard InChI is InChI=1S/C14H13BrN4S/c1-10(14-6-11(15)7-20-14)18-12-4-2-3-5-13(12)19-9-16-8-17-19/h2-10,18H,1H3. The molecule has 102 valence electrons. The number of para-hydroxylation sites is 2. The Labute approximate surface area is 129 Å². The predicted molar refractivity (Wildman–Crippen MR) is 85.4 cm³/mol. The molecule has 0 spiro atoms. The second-order valence-corrected chi connectivity index (χ2v) is 6.25. The fourth-order valence-electron chi connectivity index (χ4n) is 1.99. The van der Waals surface area contributed by atoms with Crippen LogP contribution in [0.15, 0.2) is 52.8 Å². The summed E-state index contributed by atoms with van der Waals surface area (Å²) in [7, 11) is 0. The van der Waals surface area contributed by atoms with Crippen LogP contribution in [0.3, 0.4) is 0 Å². The molecule has 3 rings (SSSR count). The van der Waals surface area contributed by atoms with Gasteiger partial charge < -0.3 is 5.32 Å². The van der Waals surface area contributed by atoms with Gasteiger partial charge in [-0.2, -0.15) is 5.10 Å². The summed E-state index contributed by atoms with van der Waals surface area (Å²) in [5, 5.41) is 9.82. The number of hydrogen-bond acceptors (Lipinski definition) is 4. The Bertz CT molecular complexity index is 693.